The summed E-state index contributed by atoms with van der Waals surface area (Å²) in [6.45, 7) is 5.41. The van der Waals surface area contributed by atoms with Crippen molar-refractivity contribution in [3.05, 3.63) is 0 Å². The molecule has 1 heterocycles. The van der Waals surface area contributed by atoms with E-state index in [9.17, 15) is 9.59 Å². The maximum absolute atomic E-state index is 11.0. The Bertz CT molecular complexity index is 216. The third-order valence-corrected chi connectivity index (χ3v) is 2.37. The van der Waals surface area contributed by atoms with Crippen molar-refractivity contribution in [2.24, 2.45) is 5.92 Å². The number of carbonyl (C=O) groups excluding carboxylic acids is 2. The molecule has 1 aliphatic heterocycles. The standard InChI is InChI=1S/C9H16N2O2/c1-7(12)10-5-9-3-4-11(6-9)8(2)13/h9H,3-6H2,1-2H3,(H,10,12)/t9-/m1/s1. The van der Waals surface area contributed by atoms with Crippen LogP contribution in [-0.2, 0) is 9.59 Å². The first-order valence-electron chi connectivity index (χ1n) is 4.59. The summed E-state index contributed by atoms with van der Waals surface area (Å²) in [6.07, 6.45) is 1.000. The molecule has 4 heteroatoms. The van der Waals surface area contributed by atoms with Gasteiger partial charge in [0, 0.05) is 33.5 Å². The largest absolute Gasteiger partial charge is 0.356 e. The molecule has 0 saturated carbocycles. The molecule has 1 aliphatic rings. The van der Waals surface area contributed by atoms with E-state index in [4.69, 9.17) is 0 Å². The van der Waals surface area contributed by atoms with Crippen molar-refractivity contribution >= 4 is 11.8 Å². The Morgan fingerprint density at radius 1 is 1.46 bits per heavy atom. The van der Waals surface area contributed by atoms with Crippen LogP contribution in [0.2, 0.25) is 0 Å². The molecule has 1 atom stereocenters. The minimum absolute atomic E-state index is 0.00118. The molecule has 74 valence electrons. The third kappa shape index (κ3) is 3.05. The summed E-state index contributed by atoms with van der Waals surface area (Å²) in [6, 6.07) is 0. The lowest BCUT2D eigenvalue weighted by Gasteiger charge is -2.13. The maximum atomic E-state index is 11.0. The predicted molar refractivity (Wildman–Crippen MR) is 49.0 cm³/mol. The Labute approximate surface area is 78.3 Å². The molecule has 0 radical (unpaired) electrons. The van der Waals surface area contributed by atoms with Gasteiger partial charge < -0.3 is 10.2 Å². The average Bonchev–Trinajstić information content (AvgIpc) is 2.48. The van der Waals surface area contributed by atoms with Crippen molar-refractivity contribution in [2.75, 3.05) is 19.6 Å². The lowest BCUT2D eigenvalue weighted by Crippen LogP contribution is -2.30. The fraction of sp³-hybridized carbons (Fsp3) is 0.778. The van der Waals surface area contributed by atoms with E-state index in [1.54, 1.807) is 6.92 Å². The number of likely N-dealkylation sites (tertiary alicyclic amines) is 1. The highest BCUT2D eigenvalue weighted by Crippen LogP contribution is 2.14. The van der Waals surface area contributed by atoms with Crippen LogP contribution >= 0.6 is 0 Å². The molecule has 2 amide bonds. The number of rotatable bonds is 2. The summed E-state index contributed by atoms with van der Waals surface area (Å²) in [5, 5.41) is 2.77. The molecule has 4 nitrogen and oxygen atoms in total. The number of amides is 2. The maximum Gasteiger partial charge on any atom is 0.219 e. The van der Waals surface area contributed by atoms with Crippen LogP contribution in [0.1, 0.15) is 20.3 Å². The van der Waals surface area contributed by atoms with Crippen LogP contribution < -0.4 is 5.32 Å². The summed E-state index contributed by atoms with van der Waals surface area (Å²) >= 11 is 0. The normalized spacial score (nSPS) is 21.7. The molecule has 0 aromatic carbocycles. The highest BCUT2D eigenvalue weighted by molar-refractivity contribution is 5.74. The first-order chi connectivity index (χ1) is 6.09. The average molecular weight is 184 g/mol. The molecule has 1 N–H and O–H groups in total. The molecule has 1 fully saturated rings. The highest BCUT2D eigenvalue weighted by atomic mass is 16.2. The minimum Gasteiger partial charge on any atom is -0.356 e. The van der Waals surface area contributed by atoms with Crippen molar-refractivity contribution in [3.8, 4) is 0 Å². The van der Waals surface area contributed by atoms with Gasteiger partial charge in [0.1, 0.15) is 0 Å². The first kappa shape index (κ1) is 10.0. The Kier molecular flexibility index (Phi) is 3.28. The molecule has 0 aromatic rings. The summed E-state index contributed by atoms with van der Waals surface area (Å²) in [7, 11) is 0. The molecule has 13 heavy (non-hydrogen) atoms. The van der Waals surface area contributed by atoms with Gasteiger partial charge in [0.25, 0.3) is 0 Å². The molecule has 0 aliphatic carbocycles. The molecule has 0 aromatic heterocycles. The van der Waals surface area contributed by atoms with E-state index in [1.807, 2.05) is 4.90 Å². The van der Waals surface area contributed by atoms with Gasteiger partial charge in [0.15, 0.2) is 0 Å². The van der Waals surface area contributed by atoms with Gasteiger partial charge in [-0.25, -0.2) is 0 Å². The Morgan fingerprint density at radius 3 is 2.62 bits per heavy atom. The van der Waals surface area contributed by atoms with E-state index in [1.165, 1.54) is 6.92 Å². The highest BCUT2D eigenvalue weighted by Gasteiger charge is 2.23. The summed E-state index contributed by atoms with van der Waals surface area (Å²) in [5.41, 5.74) is 0. The second kappa shape index (κ2) is 4.25. The predicted octanol–water partition coefficient (Wildman–Crippen LogP) is -0.00910. The van der Waals surface area contributed by atoms with Crippen LogP contribution in [-0.4, -0.2) is 36.3 Å². The van der Waals surface area contributed by atoms with E-state index in [0.717, 1.165) is 19.5 Å². The van der Waals surface area contributed by atoms with Crippen molar-refractivity contribution < 1.29 is 9.59 Å². The number of hydrogen-bond donors (Lipinski definition) is 1. The number of nitrogens with one attached hydrogen (secondary N) is 1. The zero-order valence-corrected chi connectivity index (χ0v) is 8.17. The van der Waals surface area contributed by atoms with E-state index >= 15 is 0 Å². The lowest BCUT2D eigenvalue weighted by molar-refractivity contribution is -0.127. The summed E-state index contributed by atoms with van der Waals surface area (Å²) < 4.78 is 0. The Hall–Kier alpha value is -1.06. The molecular formula is C9H16N2O2. The Balaban J connectivity index is 2.25. The van der Waals surface area contributed by atoms with E-state index < -0.39 is 0 Å². The summed E-state index contributed by atoms with van der Waals surface area (Å²) in [5.74, 6) is 0.569. The van der Waals surface area contributed by atoms with Gasteiger partial charge in [-0.3, -0.25) is 9.59 Å². The van der Waals surface area contributed by atoms with E-state index in [2.05, 4.69) is 5.32 Å². The zero-order valence-electron chi connectivity index (χ0n) is 8.17. The molecular weight excluding hydrogens is 168 g/mol. The Morgan fingerprint density at radius 2 is 2.15 bits per heavy atom. The summed E-state index contributed by atoms with van der Waals surface area (Å²) in [4.78, 5) is 23.4. The lowest BCUT2D eigenvalue weighted by atomic mass is 10.1. The molecule has 0 unspecified atom stereocenters. The van der Waals surface area contributed by atoms with Gasteiger partial charge >= 0.3 is 0 Å². The van der Waals surface area contributed by atoms with Gasteiger partial charge in [-0.05, 0) is 12.3 Å². The topological polar surface area (TPSA) is 49.4 Å². The van der Waals surface area contributed by atoms with Crippen molar-refractivity contribution in [3.63, 3.8) is 0 Å². The SMILES string of the molecule is CC(=O)NC[C@H]1CCN(C(C)=O)C1. The smallest absolute Gasteiger partial charge is 0.219 e. The fourth-order valence-corrected chi connectivity index (χ4v) is 1.57. The molecule has 0 spiro atoms. The zero-order chi connectivity index (χ0) is 9.84. The molecule has 0 bridgehead atoms. The van der Waals surface area contributed by atoms with Crippen molar-refractivity contribution in [2.45, 2.75) is 20.3 Å². The van der Waals surface area contributed by atoms with Gasteiger partial charge in [-0.1, -0.05) is 0 Å². The van der Waals surface area contributed by atoms with Crippen molar-refractivity contribution in [1.29, 1.82) is 0 Å². The van der Waals surface area contributed by atoms with Gasteiger partial charge in [-0.15, -0.1) is 0 Å². The number of hydrogen-bond acceptors (Lipinski definition) is 2. The van der Waals surface area contributed by atoms with Crippen LogP contribution in [0.15, 0.2) is 0 Å². The first-order valence-corrected chi connectivity index (χ1v) is 4.59. The molecule has 1 rings (SSSR count). The van der Waals surface area contributed by atoms with E-state index in [-0.39, 0.29) is 11.8 Å². The molecule has 1 saturated heterocycles. The van der Waals surface area contributed by atoms with Gasteiger partial charge in [0.05, 0.1) is 0 Å². The van der Waals surface area contributed by atoms with Crippen molar-refractivity contribution in [1.82, 2.24) is 10.2 Å². The van der Waals surface area contributed by atoms with Crippen LogP contribution in [0, 0.1) is 5.92 Å². The second-order valence-corrected chi connectivity index (χ2v) is 3.56. The number of carbonyl (C=O) groups is 2. The minimum atomic E-state index is 0.00118. The van der Waals surface area contributed by atoms with Gasteiger partial charge in [0.2, 0.25) is 11.8 Å². The monoisotopic (exact) mass is 184 g/mol. The fourth-order valence-electron chi connectivity index (χ4n) is 1.57. The second-order valence-electron chi connectivity index (χ2n) is 3.56. The number of nitrogens with zero attached hydrogens (tertiary/aromatic N) is 1. The van der Waals surface area contributed by atoms with Crippen LogP contribution in [0.4, 0.5) is 0 Å². The third-order valence-electron chi connectivity index (χ3n) is 2.37. The van der Waals surface area contributed by atoms with Crippen LogP contribution in [0.3, 0.4) is 0 Å². The van der Waals surface area contributed by atoms with Crippen LogP contribution in [0.5, 0.6) is 0 Å². The van der Waals surface area contributed by atoms with E-state index in [0.29, 0.717) is 12.5 Å². The quantitative estimate of drug-likeness (QED) is 0.656. The van der Waals surface area contributed by atoms with Crippen LogP contribution in [0.25, 0.3) is 0 Å². The van der Waals surface area contributed by atoms with Gasteiger partial charge in [-0.2, -0.15) is 0 Å².